The van der Waals surface area contributed by atoms with Gasteiger partial charge in [-0.2, -0.15) is 0 Å². The van der Waals surface area contributed by atoms with Gasteiger partial charge in [0.05, 0.1) is 21.2 Å². The summed E-state index contributed by atoms with van der Waals surface area (Å²) in [5, 5.41) is 5.63. The van der Waals surface area contributed by atoms with E-state index in [0.29, 0.717) is 5.69 Å². The average molecular weight is 465 g/mol. The van der Waals surface area contributed by atoms with E-state index in [-0.39, 0.29) is 10.5 Å². The van der Waals surface area contributed by atoms with Crippen LogP contribution in [0.2, 0.25) is 0 Å². The van der Waals surface area contributed by atoms with Gasteiger partial charge in [-0.25, -0.2) is 17.8 Å². The van der Waals surface area contributed by atoms with Gasteiger partial charge in [0, 0.05) is 22.9 Å². The first-order valence-electron chi connectivity index (χ1n) is 10.1. The molecule has 1 amide bonds. The molecule has 0 saturated heterocycles. The number of hydrogen-bond acceptors (Lipinski definition) is 5. The van der Waals surface area contributed by atoms with Gasteiger partial charge in [-0.3, -0.25) is 4.79 Å². The molecule has 0 bridgehead atoms. The molecule has 0 fully saturated rings. The number of amides is 1. The van der Waals surface area contributed by atoms with Crippen molar-refractivity contribution in [3.05, 3.63) is 64.2 Å². The third-order valence-corrected chi connectivity index (χ3v) is 6.01. The summed E-state index contributed by atoms with van der Waals surface area (Å²) in [5.74, 6) is -1.54. The minimum atomic E-state index is -3.53. The first kappa shape index (κ1) is 26.5. The molecule has 0 unspecified atom stereocenters. The summed E-state index contributed by atoms with van der Waals surface area (Å²) in [5.41, 5.74) is 2.07. The smallest absolute Gasteiger partial charge is 0.258 e. The first-order valence-corrected chi connectivity index (χ1v) is 12.9. The number of thiazole rings is 1. The summed E-state index contributed by atoms with van der Waals surface area (Å²) in [6, 6.07) is 10.3. The number of carbonyl (C=O) groups excluding carboxylic acids is 1. The van der Waals surface area contributed by atoms with Crippen LogP contribution in [0.4, 0.5) is 10.1 Å². The molecule has 5 nitrogen and oxygen atoms in total. The van der Waals surface area contributed by atoms with Crippen molar-refractivity contribution in [1.29, 1.82) is 0 Å². The quantitative estimate of drug-likeness (QED) is 0.486. The fraction of sp³-hybridized carbons (Fsp3) is 0.304. The number of halogens is 1. The van der Waals surface area contributed by atoms with Crippen LogP contribution in [0.3, 0.4) is 0 Å². The number of hydrogen-bond donors (Lipinski definition) is 1. The number of nitrogens with one attached hydrogen (secondary N) is 1. The van der Waals surface area contributed by atoms with Crippen molar-refractivity contribution in [3.63, 3.8) is 0 Å². The fourth-order valence-corrected chi connectivity index (χ4v) is 3.83. The van der Waals surface area contributed by atoms with Crippen molar-refractivity contribution in [2.24, 2.45) is 0 Å². The van der Waals surface area contributed by atoms with E-state index in [1.165, 1.54) is 6.07 Å². The minimum Gasteiger partial charge on any atom is -0.322 e. The number of aryl methyl sites for hydroxylation is 1. The Kier molecular flexibility index (Phi) is 10.5. The molecule has 31 heavy (non-hydrogen) atoms. The van der Waals surface area contributed by atoms with Crippen LogP contribution in [0, 0.1) is 5.82 Å². The highest BCUT2D eigenvalue weighted by Gasteiger charge is 2.16. The van der Waals surface area contributed by atoms with Crippen LogP contribution in [-0.4, -0.2) is 25.6 Å². The topological polar surface area (TPSA) is 76.1 Å². The molecule has 0 atom stereocenters. The number of aromatic nitrogens is 1. The Morgan fingerprint density at radius 1 is 1.06 bits per heavy atom. The highest BCUT2D eigenvalue weighted by Crippen LogP contribution is 2.24. The van der Waals surface area contributed by atoms with Crippen LogP contribution >= 0.6 is 11.3 Å². The molecule has 3 aromatic rings. The number of nitrogens with zero attached hydrogens (tertiary/aromatic N) is 1. The predicted octanol–water partition coefficient (Wildman–Crippen LogP) is 6.22. The molecule has 1 heterocycles. The average Bonchev–Trinajstić information content (AvgIpc) is 3.25. The Labute approximate surface area is 188 Å². The Hall–Kier alpha value is -2.58. The number of carbonyl (C=O) groups is 1. The fourth-order valence-electron chi connectivity index (χ4n) is 2.44. The van der Waals surface area contributed by atoms with Gasteiger partial charge in [0.2, 0.25) is 0 Å². The van der Waals surface area contributed by atoms with Crippen LogP contribution in [0.5, 0.6) is 0 Å². The Morgan fingerprint density at radius 3 is 2.16 bits per heavy atom. The summed E-state index contributed by atoms with van der Waals surface area (Å²) in [4.78, 5) is 16.6. The van der Waals surface area contributed by atoms with Crippen molar-refractivity contribution < 1.29 is 17.6 Å². The first-order chi connectivity index (χ1) is 14.8. The van der Waals surface area contributed by atoms with Gasteiger partial charge in [-0.05, 0) is 36.8 Å². The van der Waals surface area contributed by atoms with E-state index in [4.69, 9.17) is 0 Å². The number of anilines is 1. The molecular weight excluding hydrogens is 435 g/mol. The van der Waals surface area contributed by atoms with Crippen molar-refractivity contribution >= 4 is 32.8 Å². The number of benzene rings is 2. The summed E-state index contributed by atoms with van der Waals surface area (Å²) in [6.45, 7) is 10.0. The van der Waals surface area contributed by atoms with E-state index < -0.39 is 21.6 Å². The van der Waals surface area contributed by atoms with Gasteiger partial charge >= 0.3 is 0 Å². The second-order valence-electron chi connectivity index (χ2n) is 5.93. The van der Waals surface area contributed by atoms with Crippen LogP contribution in [0.1, 0.15) is 50.0 Å². The maximum Gasteiger partial charge on any atom is 0.258 e. The van der Waals surface area contributed by atoms with E-state index in [1.54, 1.807) is 23.5 Å². The maximum atomic E-state index is 14.1. The van der Waals surface area contributed by atoms with Crippen molar-refractivity contribution in [1.82, 2.24) is 4.98 Å². The van der Waals surface area contributed by atoms with Crippen LogP contribution < -0.4 is 5.32 Å². The normalized spacial score (nSPS) is 10.3. The van der Waals surface area contributed by atoms with E-state index >= 15 is 0 Å². The second kappa shape index (κ2) is 12.3. The highest BCUT2D eigenvalue weighted by atomic mass is 32.2. The summed E-state index contributed by atoms with van der Waals surface area (Å²) < 4.78 is 37.0. The molecule has 168 valence electrons. The minimum absolute atomic E-state index is 0.171. The molecule has 0 aliphatic heterocycles. The third-order valence-electron chi connectivity index (χ3n) is 3.91. The maximum absolute atomic E-state index is 14.1. The third kappa shape index (κ3) is 7.25. The molecule has 0 saturated carbocycles. The zero-order valence-electron chi connectivity index (χ0n) is 18.7. The van der Waals surface area contributed by atoms with Gasteiger partial charge < -0.3 is 5.32 Å². The Bertz CT molecular complexity index is 1090. The van der Waals surface area contributed by atoms with Crippen molar-refractivity contribution in [2.75, 3.05) is 11.6 Å². The Morgan fingerprint density at radius 2 is 1.68 bits per heavy atom. The number of rotatable bonds is 5. The molecule has 1 N–H and O–H groups in total. The van der Waals surface area contributed by atoms with E-state index in [0.717, 1.165) is 41.1 Å². The predicted molar refractivity (Wildman–Crippen MR) is 127 cm³/mol. The molecule has 0 radical (unpaired) electrons. The second-order valence-corrected chi connectivity index (χ2v) is 8.88. The van der Waals surface area contributed by atoms with Gasteiger partial charge in [-0.15, -0.1) is 11.3 Å². The zero-order valence-corrected chi connectivity index (χ0v) is 20.3. The molecule has 0 aliphatic rings. The SMILES string of the molecule is CC.CC.CCc1nc(-c2ccc(NC(=O)c3ccc(S(C)(=O)=O)cc3F)cc2)cs1. The van der Waals surface area contributed by atoms with Gasteiger partial charge in [0.1, 0.15) is 5.82 Å². The lowest BCUT2D eigenvalue weighted by Crippen LogP contribution is -2.14. The monoisotopic (exact) mass is 464 g/mol. The zero-order chi connectivity index (χ0) is 23.6. The van der Waals surface area contributed by atoms with Crippen LogP contribution in [0.25, 0.3) is 11.3 Å². The Balaban J connectivity index is 0.00000113. The molecule has 0 aliphatic carbocycles. The van der Waals surface area contributed by atoms with Crippen LogP contribution in [-0.2, 0) is 16.3 Å². The molecule has 1 aromatic heterocycles. The summed E-state index contributed by atoms with van der Waals surface area (Å²) in [6.07, 6.45) is 1.86. The van der Waals surface area contributed by atoms with E-state index in [1.807, 2.05) is 52.1 Å². The molecule has 0 spiro atoms. The van der Waals surface area contributed by atoms with Gasteiger partial charge in [-0.1, -0.05) is 46.8 Å². The molecule has 2 aromatic carbocycles. The number of sulfone groups is 1. The lowest BCUT2D eigenvalue weighted by atomic mass is 10.1. The van der Waals surface area contributed by atoms with Gasteiger partial charge in [0.15, 0.2) is 9.84 Å². The lowest BCUT2D eigenvalue weighted by Gasteiger charge is -2.08. The van der Waals surface area contributed by atoms with Gasteiger partial charge in [0.25, 0.3) is 5.91 Å². The molecule has 3 rings (SSSR count). The summed E-state index contributed by atoms with van der Waals surface area (Å²) in [7, 11) is -3.53. The standard InChI is InChI=1S/C19H17FN2O3S2.2C2H6/c1-3-18-22-17(11-26-18)12-4-6-13(7-5-12)21-19(23)15-9-8-14(10-16(15)20)27(2,24)25;2*1-2/h4-11H,3H2,1-2H3,(H,21,23);2*1-2H3. The van der Waals surface area contributed by atoms with E-state index in [9.17, 15) is 17.6 Å². The van der Waals surface area contributed by atoms with Crippen molar-refractivity contribution in [2.45, 2.75) is 45.9 Å². The van der Waals surface area contributed by atoms with Crippen LogP contribution in [0.15, 0.2) is 52.7 Å². The summed E-state index contributed by atoms with van der Waals surface area (Å²) >= 11 is 1.60. The van der Waals surface area contributed by atoms with E-state index in [2.05, 4.69) is 10.3 Å². The molecular formula is C23H29FN2O3S2. The lowest BCUT2D eigenvalue weighted by molar-refractivity contribution is 0.102. The largest absolute Gasteiger partial charge is 0.322 e. The molecule has 8 heteroatoms. The highest BCUT2D eigenvalue weighted by molar-refractivity contribution is 7.90. The van der Waals surface area contributed by atoms with Crippen molar-refractivity contribution in [3.8, 4) is 11.3 Å².